The van der Waals surface area contributed by atoms with Gasteiger partial charge in [0.05, 0.1) is 30.5 Å². The molecule has 41 heavy (non-hydrogen) atoms. The van der Waals surface area contributed by atoms with Gasteiger partial charge in [0.1, 0.15) is 23.4 Å². The third kappa shape index (κ3) is 6.34. The number of nitrogens with zero attached hydrogens (tertiary/aromatic N) is 3. The summed E-state index contributed by atoms with van der Waals surface area (Å²) in [7, 11) is 1.40. The van der Waals surface area contributed by atoms with Crippen molar-refractivity contribution in [1.29, 1.82) is 0 Å². The molecule has 0 aliphatic carbocycles. The van der Waals surface area contributed by atoms with Crippen molar-refractivity contribution in [2.45, 2.75) is 44.8 Å². The molecule has 9 nitrogen and oxygen atoms in total. The highest BCUT2D eigenvalue weighted by molar-refractivity contribution is 6.32. The summed E-state index contributed by atoms with van der Waals surface area (Å²) in [6.07, 6.45) is 4.25. The number of carbonyl (C=O) groups excluding carboxylic acids is 2. The third-order valence-corrected chi connectivity index (χ3v) is 7.98. The van der Waals surface area contributed by atoms with Gasteiger partial charge in [-0.25, -0.2) is 14.4 Å². The van der Waals surface area contributed by atoms with Crippen molar-refractivity contribution in [1.82, 2.24) is 20.2 Å². The van der Waals surface area contributed by atoms with Crippen LogP contribution in [-0.4, -0.2) is 64.8 Å². The molecule has 5 rings (SSSR count). The van der Waals surface area contributed by atoms with Crippen LogP contribution in [0.4, 0.5) is 4.39 Å². The van der Waals surface area contributed by atoms with Crippen molar-refractivity contribution in [2.75, 3.05) is 26.9 Å². The van der Waals surface area contributed by atoms with Crippen molar-refractivity contribution >= 4 is 23.4 Å². The van der Waals surface area contributed by atoms with Crippen LogP contribution in [0.15, 0.2) is 42.6 Å². The number of ether oxygens (including phenoxy) is 2. The lowest BCUT2D eigenvalue weighted by atomic mass is 9.96. The Labute approximate surface area is 242 Å². The average Bonchev–Trinajstić information content (AvgIpc) is 3.31. The molecule has 0 bridgehead atoms. The number of fused-ring (bicyclic) bond motifs is 1. The zero-order chi connectivity index (χ0) is 29.1. The molecule has 2 aliphatic rings. The summed E-state index contributed by atoms with van der Waals surface area (Å²) in [4.78, 5) is 37.2. The van der Waals surface area contributed by atoms with E-state index in [0.29, 0.717) is 39.1 Å². The minimum atomic E-state index is -0.878. The number of rotatable bonds is 9. The van der Waals surface area contributed by atoms with E-state index in [-0.39, 0.29) is 18.2 Å². The van der Waals surface area contributed by atoms with Gasteiger partial charge in [0.25, 0.3) is 5.91 Å². The van der Waals surface area contributed by atoms with E-state index >= 15 is 0 Å². The van der Waals surface area contributed by atoms with E-state index < -0.39 is 30.4 Å². The van der Waals surface area contributed by atoms with Crippen molar-refractivity contribution in [3.8, 4) is 17.0 Å². The first-order valence-electron chi connectivity index (χ1n) is 13.6. The van der Waals surface area contributed by atoms with E-state index in [1.807, 2.05) is 12.1 Å². The summed E-state index contributed by atoms with van der Waals surface area (Å²) < 4.78 is 24.6. The molecule has 1 fully saturated rings. The lowest BCUT2D eigenvalue weighted by Gasteiger charge is -2.26. The summed E-state index contributed by atoms with van der Waals surface area (Å²) in [6, 6.07) is 7.71. The van der Waals surface area contributed by atoms with Crippen LogP contribution in [0.25, 0.3) is 11.3 Å². The lowest BCUT2D eigenvalue weighted by molar-refractivity contribution is -0.126. The maximum atomic E-state index is 14.0. The van der Waals surface area contributed by atoms with Gasteiger partial charge in [0.2, 0.25) is 5.91 Å². The van der Waals surface area contributed by atoms with E-state index in [1.54, 1.807) is 25.3 Å². The Bertz CT molecular complexity index is 1450. The molecule has 11 heteroatoms. The molecule has 2 amide bonds. The first kappa shape index (κ1) is 28.9. The van der Waals surface area contributed by atoms with Gasteiger partial charge in [-0.05, 0) is 55.0 Å². The molecule has 3 aromatic rings. The molecule has 2 aliphatic heterocycles. The number of aliphatic hydroxyl groups is 1. The predicted molar refractivity (Wildman–Crippen MR) is 150 cm³/mol. The van der Waals surface area contributed by atoms with E-state index in [1.165, 1.54) is 24.1 Å². The number of aromatic nitrogens is 2. The van der Waals surface area contributed by atoms with Crippen molar-refractivity contribution < 1.29 is 28.6 Å². The van der Waals surface area contributed by atoms with Gasteiger partial charge in [-0.2, -0.15) is 0 Å². The Morgan fingerprint density at radius 3 is 2.78 bits per heavy atom. The molecule has 2 N–H and O–H groups in total. The molecule has 1 saturated heterocycles. The van der Waals surface area contributed by atoms with Crippen LogP contribution < -0.4 is 10.1 Å². The summed E-state index contributed by atoms with van der Waals surface area (Å²) in [6.45, 7) is 2.88. The van der Waals surface area contributed by atoms with E-state index in [0.717, 1.165) is 38.0 Å². The third-order valence-electron chi connectivity index (χ3n) is 7.70. The van der Waals surface area contributed by atoms with Crippen molar-refractivity contribution in [3.05, 3.63) is 75.9 Å². The quantitative estimate of drug-likeness (QED) is 0.390. The summed E-state index contributed by atoms with van der Waals surface area (Å²) in [5.74, 6) is 0.0791. The van der Waals surface area contributed by atoms with Gasteiger partial charge >= 0.3 is 0 Å². The second kappa shape index (κ2) is 12.5. The minimum Gasteiger partial charge on any atom is -0.497 e. The zero-order valence-electron chi connectivity index (χ0n) is 22.9. The fraction of sp³-hybridized carbons (Fsp3) is 0.400. The Balaban J connectivity index is 1.31. The number of hydrogen-bond acceptors (Lipinski definition) is 7. The maximum Gasteiger partial charge on any atom is 0.255 e. The Morgan fingerprint density at radius 1 is 1.27 bits per heavy atom. The average molecular weight is 583 g/mol. The van der Waals surface area contributed by atoms with Gasteiger partial charge in [0.15, 0.2) is 0 Å². The van der Waals surface area contributed by atoms with Crippen LogP contribution in [-0.2, 0) is 22.5 Å². The highest BCUT2D eigenvalue weighted by Crippen LogP contribution is 2.32. The van der Waals surface area contributed by atoms with Crippen LogP contribution in [0.2, 0.25) is 5.02 Å². The van der Waals surface area contributed by atoms with Crippen LogP contribution >= 0.6 is 11.6 Å². The molecule has 216 valence electrons. The largest absolute Gasteiger partial charge is 0.497 e. The van der Waals surface area contributed by atoms with Crippen LogP contribution in [0.5, 0.6) is 5.75 Å². The molecule has 0 radical (unpaired) electrons. The SMILES string of the molecule is COc1cc(F)cc([C@@H](CO)NC(=O)[C@@H](C)N2Cc3ccc(-c4nc(CC5CCOCC5)ncc4Cl)cc3C2=O)c1. The minimum absolute atomic E-state index is 0.243. The predicted octanol–water partition coefficient (Wildman–Crippen LogP) is 4.11. The summed E-state index contributed by atoms with van der Waals surface area (Å²) >= 11 is 6.48. The van der Waals surface area contributed by atoms with Gasteiger partial charge in [-0.3, -0.25) is 9.59 Å². The molecule has 2 aromatic carbocycles. The topological polar surface area (TPSA) is 114 Å². The molecule has 0 unspecified atom stereocenters. The summed E-state index contributed by atoms with van der Waals surface area (Å²) in [5, 5.41) is 13.0. The zero-order valence-corrected chi connectivity index (χ0v) is 23.7. The highest BCUT2D eigenvalue weighted by atomic mass is 35.5. The number of amides is 2. The first-order chi connectivity index (χ1) is 19.8. The Hall–Kier alpha value is -3.60. The number of nitrogens with one attached hydrogen (secondary N) is 1. The first-order valence-corrected chi connectivity index (χ1v) is 13.9. The summed E-state index contributed by atoms with van der Waals surface area (Å²) in [5.41, 5.74) is 2.84. The molecule has 1 aromatic heterocycles. The van der Waals surface area contributed by atoms with Gasteiger partial charge in [-0.1, -0.05) is 23.7 Å². The number of carbonyl (C=O) groups is 2. The number of methoxy groups -OCH3 is 1. The second-order valence-corrected chi connectivity index (χ2v) is 10.8. The van der Waals surface area contributed by atoms with Gasteiger partial charge < -0.3 is 24.8 Å². The van der Waals surface area contributed by atoms with E-state index in [9.17, 15) is 19.1 Å². The van der Waals surface area contributed by atoms with Crippen molar-refractivity contribution in [2.24, 2.45) is 5.92 Å². The Morgan fingerprint density at radius 2 is 2.05 bits per heavy atom. The molecule has 0 spiro atoms. The molecule has 2 atom stereocenters. The number of aliphatic hydroxyl groups excluding tert-OH is 1. The number of benzene rings is 2. The molecule has 3 heterocycles. The monoisotopic (exact) mass is 582 g/mol. The normalized spacial score (nSPS) is 16.8. The van der Waals surface area contributed by atoms with Gasteiger partial charge in [-0.15, -0.1) is 0 Å². The smallest absolute Gasteiger partial charge is 0.255 e. The maximum absolute atomic E-state index is 14.0. The number of hydrogen-bond donors (Lipinski definition) is 2. The number of halogens is 2. The van der Waals surface area contributed by atoms with E-state index in [2.05, 4.69) is 10.3 Å². The van der Waals surface area contributed by atoms with Crippen LogP contribution in [0.1, 0.15) is 53.1 Å². The van der Waals surface area contributed by atoms with Crippen LogP contribution in [0, 0.1) is 11.7 Å². The highest BCUT2D eigenvalue weighted by Gasteiger charge is 2.35. The molecular weight excluding hydrogens is 551 g/mol. The van der Waals surface area contributed by atoms with Crippen molar-refractivity contribution in [3.63, 3.8) is 0 Å². The fourth-order valence-corrected chi connectivity index (χ4v) is 5.47. The standard InChI is InChI=1S/C30H32ClFN4O5/c1-17(29(38)34-26(16-37)21-10-22(32)13-23(11-21)40-2)36-15-20-4-3-19(12-24(20)30(36)39)28-25(31)14-33-27(35-28)9-18-5-7-41-8-6-18/h3-4,10-14,17-18,26,37H,5-9,15-16H2,1-2H3,(H,34,38)/t17-,26-/m1/s1. The van der Waals surface area contributed by atoms with Crippen LogP contribution in [0.3, 0.4) is 0 Å². The second-order valence-electron chi connectivity index (χ2n) is 10.4. The van der Waals surface area contributed by atoms with Gasteiger partial charge in [0, 0.05) is 49.6 Å². The lowest BCUT2D eigenvalue weighted by Crippen LogP contribution is -2.46. The molecular formula is C30H32ClFN4O5. The van der Waals surface area contributed by atoms with E-state index in [4.69, 9.17) is 26.1 Å². The Kier molecular flexibility index (Phi) is 8.82. The fourth-order valence-electron chi connectivity index (χ4n) is 5.27. The molecule has 0 saturated carbocycles.